The first-order valence-electron chi connectivity index (χ1n) is 9.47. The molecule has 1 heterocycles. The van der Waals surface area contributed by atoms with Crippen molar-refractivity contribution in [2.24, 2.45) is 10.9 Å². The van der Waals surface area contributed by atoms with E-state index in [1.165, 1.54) is 6.42 Å². The van der Waals surface area contributed by atoms with Crippen LogP contribution in [0.4, 0.5) is 0 Å². The molecule has 0 aliphatic rings. The summed E-state index contributed by atoms with van der Waals surface area (Å²) in [4.78, 5) is 4.66. The largest absolute Gasteiger partial charge is 0.385 e. The summed E-state index contributed by atoms with van der Waals surface area (Å²) < 4.78 is 7.18. The van der Waals surface area contributed by atoms with Gasteiger partial charge >= 0.3 is 0 Å². The molecular weight excluding hydrogens is 316 g/mol. The molecule has 7 heteroatoms. The zero-order valence-corrected chi connectivity index (χ0v) is 16.6. The van der Waals surface area contributed by atoms with Crippen LogP contribution in [0.2, 0.25) is 0 Å². The van der Waals surface area contributed by atoms with Gasteiger partial charge < -0.3 is 19.9 Å². The van der Waals surface area contributed by atoms with Crippen LogP contribution < -0.4 is 10.6 Å². The molecule has 1 unspecified atom stereocenters. The maximum atomic E-state index is 5.10. The molecule has 0 aromatic carbocycles. The Hall–Kier alpha value is -1.63. The number of rotatable bonds is 12. The van der Waals surface area contributed by atoms with E-state index in [4.69, 9.17) is 4.74 Å². The Kier molecular flexibility index (Phi) is 10.9. The fourth-order valence-corrected chi connectivity index (χ4v) is 2.48. The van der Waals surface area contributed by atoms with Crippen LogP contribution in [0.25, 0.3) is 0 Å². The zero-order valence-electron chi connectivity index (χ0n) is 16.6. The van der Waals surface area contributed by atoms with E-state index in [9.17, 15) is 0 Å². The zero-order chi connectivity index (χ0) is 18.5. The minimum absolute atomic E-state index is 0.400. The number of aliphatic imine (C=N–C) groups is 1. The highest BCUT2D eigenvalue weighted by Gasteiger charge is 2.07. The van der Waals surface area contributed by atoms with Gasteiger partial charge in [0.25, 0.3) is 0 Å². The van der Waals surface area contributed by atoms with Crippen LogP contribution in [0.5, 0.6) is 0 Å². The van der Waals surface area contributed by atoms with Crippen LogP contribution in [0, 0.1) is 5.92 Å². The lowest BCUT2D eigenvalue weighted by Crippen LogP contribution is -2.43. The van der Waals surface area contributed by atoms with Gasteiger partial charge in [-0.1, -0.05) is 20.8 Å². The van der Waals surface area contributed by atoms with Crippen LogP contribution >= 0.6 is 0 Å². The standard InChI is InChI=1S/C18H36N6O/c1-6-17-23-21-14-24(17)12-11-20-18(19-10-7-13-25-5)22-16(4)9-8-15(2)3/h14-16H,6-13H2,1-5H3,(H2,19,20,22). The Morgan fingerprint density at radius 2 is 2.12 bits per heavy atom. The van der Waals surface area contributed by atoms with Gasteiger partial charge in [0.2, 0.25) is 0 Å². The van der Waals surface area contributed by atoms with Crippen LogP contribution in [-0.4, -0.2) is 53.6 Å². The van der Waals surface area contributed by atoms with Gasteiger partial charge in [-0.15, -0.1) is 10.2 Å². The van der Waals surface area contributed by atoms with E-state index in [1.807, 2.05) is 0 Å². The van der Waals surface area contributed by atoms with Gasteiger partial charge in [-0.2, -0.15) is 0 Å². The van der Waals surface area contributed by atoms with E-state index in [0.717, 1.165) is 63.2 Å². The van der Waals surface area contributed by atoms with Crippen molar-refractivity contribution in [3.63, 3.8) is 0 Å². The topological polar surface area (TPSA) is 76.4 Å². The monoisotopic (exact) mass is 352 g/mol. The predicted octanol–water partition coefficient (Wildman–Crippen LogP) is 2.24. The fraction of sp³-hybridized carbons (Fsp3) is 0.833. The quantitative estimate of drug-likeness (QED) is 0.343. The SMILES string of the molecule is CCc1nncn1CCNC(=NCCCOC)NC(C)CCC(C)C. The molecule has 0 bridgehead atoms. The van der Waals surface area contributed by atoms with Crippen molar-refractivity contribution in [3.05, 3.63) is 12.2 Å². The van der Waals surface area contributed by atoms with E-state index in [0.29, 0.717) is 6.04 Å². The molecule has 7 nitrogen and oxygen atoms in total. The molecule has 0 aliphatic heterocycles. The Labute approximate surface area is 152 Å². The highest BCUT2D eigenvalue weighted by atomic mass is 16.5. The fourth-order valence-electron chi connectivity index (χ4n) is 2.48. The van der Waals surface area contributed by atoms with Crippen LogP contribution in [0.3, 0.4) is 0 Å². The summed E-state index contributed by atoms with van der Waals surface area (Å²) in [7, 11) is 1.72. The van der Waals surface area contributed by atoms with Crippen LogP contribution in [-0.2, 0) is 17.7 Å². The summed E-state index contributed by atoms with van der Waals surface area (Å²) in [6, 6.07) is 0.400. The van der Waals surface area contributed by atoms with Crippen molar-refractivity contribution in [1.82, 2.24) is 25.4 Å². The molecule has 1 rings (SSSR count). The average Bonchev–Trinajstić information content (AvgIpc) is 3.04. The number of aromatic nitrogens is 3. The van der Waals surface area contributed by atoms with E-state index >= 15 is 0 Å². The first-order valence-corrected chi connectivity index (χ1v) is 9.47. The van der Waals surface area contributed by atoms with Gasteiger partial charge in [0, 0.05) is 45.8 Å². The van der Waals surface area contributed by atoms with E-state index in [2.05, 4.69) is 58.1 Å². The second kappa shape index (κ2) is 12.7. The number of hydrogen-bond donors (Lipinski definition) is 2. The summed E-state index contributed by atoms with van der Waals surface area (Å²) in [5.41, 5.74) is 0. The smallest absolute Gasteiger partial charge is 0.191 e. The lowest BCUT2D eigenvalue weighted by molar-refractivity contribution is 0.197. The number of aryl methyl sites for hydroxylation is 1. The van der Waals surface area contributed by atoms with Gasteiger partial charge in [-0.25, -0.2) is 0 Å². The summed E-state index contributed by atoms with van der Waals surface area (Å²) >= 11 is 0. The Bertz CT molecular complexity index is 486. The average molecular weight is 353 g/mol. The summed E-state index contributed by atoms with van der Waals surface area (Å²) in [6.45, 7) is 11.9. The van der Waals surface area contributed by atoms with Gasteiger partial charge in [0.05, 0.1) is 0 Å². The van der Waals surface area contributed by atoms with Crippen molar-refractivity contribution >= 4 is 5.96 Å². The van der Waals surface area contributed by atoms with E-state index in [1.54, 1.807) is 13.4 Å². The number of ether oxygens (including phenoxy) is 1. The number of nitrogens with one attached hydrogen (secondary N) is 2. The first kappa shape index (κ1) is 21.4. The second-order valence-corrected chi connectivity index (χ2v) is 6.81. The molecule has 2 N–H and O–H groups in total. The number of nitrogens with zero attached hydrogens (tertiary/aromatic N) is 4. The van der Waals surface area contributed by atoms with Crippen LogP contribution in [0.15, 0.2) is 11.3 Å². The van der Waals surface area contributed by atoms with Crippen LogP contribution in [0.1, 0.15) is 52.8 Å². The molecule has 1 aromatic heterocycles. The number of hydrogen-bond acceptors (Lipinski definition) is 4. The predicted molar refractivity (Wildman–Crippen MR) is 103 cm³/mol. The minimum atomic E-state index is 0.400. The van der Waals surface area contributed by atoms with Crippen molar-refractivity contribution in [2.75, 3.05) is 26.8 Å². The Morgan fingerprint density at radius 1 is 1.32 bits per heavy atom. The summed E-state index contributed by atoms with van der Waals surface area (Å²) in [5, 5.41) is 15.0. The van der Waals surface area contributed by atoms with Gasteiger partial charge in [0.1, 0.15) is 12.2 Å². The van der Waals surface area contributed by atoms with Crippen molar-refractivity contribution < 1.29 is 4.74 Å². The second-order valence-electron chi connectivity index (χ2n) is 6.81. The Morgan fingerprint density at radius 3 is 2.80 bits per heavy atom. The minimum Gasteiger partial charge on any atom is -0.385 e. The summed E-state index contributed by atoms with van der Waals surface area (Å²) in [6.07, 6.45) is 5.96. The lowest BCUT2D eigenvalue weighted by Gasteiger charge is -2.19. The highest BCUT2D eigenvalue weighted by molar-refractivity contribution is 5.80. The molecule has 1 aromatic rings. The summed E-state index contributed by atoms with van der Waals surface area (Å²) in [5.74, 6) is 2.61. The number of methoxy groups -OCH3 is 1. The molecule has 0 fully saturated rings. The Balaban J connectivity index is 2.49. The lowest BCUT2D eigenvalue weighted by atomic mass is 10.0. The molecule has 0 spiro atoms. The molecule has 0 aliphatic carbocycles. The molecule has 0 saturated carbocycles. The molecule has 1 atom stereocenters. The van der Waals surface area contributed by atoms with E-state index < -0.39 is 0 Å². The first-order chi connectivity index (χ1) is 12.1. The molecule has 0 amide bonds. The highest BCUT2D eigenvalue weighted by Crippen LogP contribution is 2.06. The molecule has 0 radical (unpaired) electrons. The maximum absolute atomic E-state index is 5.10. The molecule has 144 valence electrons. The normalized spacial score (nSPS) is 13.3. The van der Waals surface area contributed by atoms with Gasteiger partial charge in [0.15, 0.2) is 5.96 Å². The van der Waals surface area contributed by atoms with Crippen molar-refractivity contribution in [1.29, 1.82) is 0 Å². The van der Waals surface area contributed by atoms with Gasteiger partial charge in [-0.05, 0) is 32.1 Å². The van der Waals surface area contributed by atoms with Crippen molar-refractivity contribution in [3.8, 4) is 0 Å². The van der Waals surface area contributed by atoms with Gasteiger partial charge in [-0.3, -0.25) is 4.99 Å². The maximum Gasteiger partial charge on any atom is 0.191 e. The molecular formula is C18H36N6O. The molecule has 25 heavy (non-hydrogen) atoms. The number of guanidine groups is 1. The van der Waals surface area contributed by atoms with E-state index in [-0.39, 0.29) is 0 Å². The molecule has 0 saturated heterocycles. The third-order valence-electron chi connectivity index (χ3n) is 3.99. The third-order valence-corrected chi connectivity index (χ3v) is 3.99. The van der Waals surface area contributed by atoms with Crippen molar-refractivity contribution in [2.45, 2.75) is 66.0 Å². The third kappa shape index (κ3) is 9.43.